The average Bonchev–Trinajstić information content (AvgIpc) is 2.98. The van der Waals surface area contributed by atoms with E-state index in [1.165, 1.54) is 11.8 Å². The second-order valence-corrected chi connectivity index (χ2v) is 7.23. The van der Waals surface area contributed by atoms with Crippen LogP contribution in [0, 0.1) is 0 Å². The minimum atomic E-state index is -0.149. The number of carbonyl (C=O) groups is 1. The Morgan fingerprint density at radius 3 is 2.81 bits per heavy atom. The van der Waals surface area contributed by atoms with Crippen molar-refractivity contribution in [3.05, 3.63) is 71.8 Å². The van der Waals surface area contributed by atoms with Gasteiger partial charge in [0, 0.05) is 11.6 Å². The fourth-order valence-corrected chi connectivity index (χ4v) is 3.92. The van der Waals surface area contributed by atoms with Crippen molar-refractivity contribution in [2.75, 3.05) is 5.75 Å². The number of rotatable bonds is 7. The molecule has 1 aromatic heterocycles. The van der Waals surface area contributed by atoms with Gasteiger partial charge in [-0.1, -0.05) is 59.8 Å². The lowest BCUT2D eigenvalue weighted by Crippen LogP contribution is -2.28. The van der Waals surface area contributed by atoms with E-state index in [0.29, 0.717) is 11.6 Å². The number of benzene rings is 2. The van der Waals surface area contributed by atoms with Gasteiger partial charge < -0.3 is 9.88 Å². The van der Waals surface area contributed by atoms with Gasteiger partial charge in [0.05, 0.1) is 22.8 Å². The van der Waals surface area contributed by atoms with Gasteiger partial charge in [0.15, 0.2) is 5.16 Å². The number of carbonyl (C=O) groups excluding carboxylic acids is 1. The first-order valence-corrected chi connectivity index (χ1v) is 9.69. The van der Waals surface area contributed by atoms with Crippen LogP contribution >= 0.6 is 23.4 Å². The molecule has 1 heterocycles. The molecule has 6 heteroatoms. The maximum atomic E-state index is 12.4. The van der Waals surface area contributed by atoms with E-state index in [1.54, 1.807) is 0 Å². The fourth-order valence-electron chi connectivity index (χ4n) is 2.79. The number of nitrogens with one attached hydrogen (secondary N) is 1. The largest absolute Gasteiger partial charge is 0.349 e. The summed E-state index contributed by atoms with van der Waals surface area (Å²) in [4.78, 5) is 17.0. The number of nitrogens with zero attached hydrogens (tertiary/aromatic N) is 2. The van der Waals surface area contributed by atoms with Crippen LogP contribution in [0.15, 0.2) is 66.3 Å². The predicted molar refractivity (Wildman–Crippen MR) is 109 cm³/mol. The third-order valence-electron chi connectivity index (χ3n) is 4.01. The van der Waals surface area contributed by atoms with Crippen molar-refractivity contribution in [3.63, 3.8) is 0 Å². The number of imidazole rings is 1. The van der Waals surface area contributed by atoms with Crippen LogP contribution in [-0.2, 0) is 11.3 Å². The standard InChI is InChI=1S/C20H20ClN3OS/c1-3-12-24-18-11-7-6-10-17(18)23-20(24)26-13-19(25)22-14(2)15-8-4-5-9-16(15)21/h3-11,14H,1,12-13H2,2H3,(H,22,25). The normalized spacial score (nSPS) is 12.1. The van der Waals surface area contributed by atoms with E-state index in [2.05, 4.69) is 21.4 Å². The average molecular weight is 386 g/mol. The van der Waals surface area contributed by atoms with Crippen LogP contribution in [0.2, 0.25) is 5.02 Å². The van der Waals surface area contributed by atoms with Crippen molar-refractivity contribution in [1.82, 2.24) is 14.9 Å². The number of aromatic nitrogens is 2. The van der Waals surface area contributed by atoms with Crippen molar-refractivity contribution in [2.24, 2.45) is 0 Å². The molecule has 1 amide bonds. The Bertz CT molecular complexity index is 938. The second kappa shape index (κ2) is 8.43. The third kappa shape index (κ3) is 4.11. The molecule has 1 N–H and O–H groups in total. The van der Waals surface area contributed by atoms with Gasteiger partial charge in [0.25, 0.3) is 0 Å². The van der Waals surface area contributed by atoms with Gasteiger partial charge in [-0.15, -0.1) is 6.58 Å². The lowest BCUT2D eigenvalue weighted by atomic mass is 10.1. The molecule has 0 saturated heterocycles. The van der Waals surface area contributed by atoms with Crippen LogP contribution in [0.25, 0.3) is 11.0 Å². The number of hydrogen-bond donors (Lipinski definition) is 1. The SMILES string of the molecule is C=CCn1c(SCC(=O)NC(C)c2ccccc2Cl)nc2ccccc21. The Morgan fingerprint density at radius 2 is 2.04 bits per heavy atom. The van der Waals surface area contributed by atoms with E-state index in [4.69, 9.17) is 11.6 Å². The molecule has 0 spiro atoms. The van der Waals surface area contributed by atoms with Crippen LogP contribution in [-0.4, -0.2) is 21.2 Å². The van der Waals surface area contributed by atoms with E-state index in [1.807, 2.05) is 61.5 Å². The summed E-state index contributed by atoms with van der Waals surface area (Å²) in [5.74, 6) is 0.231. The van der Waals surface area contributed by atoms with Crippen LogP contribution in [0.5, 0.6) is 0 Å². The quantitative estimate of drug-likeness (QED) is 0.467. The van der Waals surface area contributed by atoms with Crippen molar-refractivity contribution in [3.8, 4) is 0 Å². The minimum Gasteiger partial charge on any atom is -0.349 e. The van der Waals surface area contributed by atoms with Gasteiger partial charge in [-0.05, 0) is 30.7 Å². The lowest BCUT2D eigenvalue weighted by Gasteiger charge is -2.15. The Labute approximate surface area is 162 Å². The van der Waals surface area contributed by atoms with E-state index >= 15 is 0 Å². The molecule has 0 aliphatic rings. The van der Waals surface area contributed by atoms with E-state index < -0.39 is 0 Å². The molecule has 2 aromatic carbocycles. The second-order valence-electron chi connectivity index (χ2n) is 5.88. The Morgan fingerprint density at radius 1 is 1.31 bits per heavy atom. The smallest absolute Gasteiger partial charge is 0.230 e. The van der Waals surface area contributed by atoms with E-state index in [-0.39, 0.29) is 17.7 Å². The topological polar surface area (TPSA) is 46.9 Å². The molecule has 0 bridgehead atoms. The van der Waals surface area contributed by atoms with E-state index in [9.17, 15) is 4.79 Å². The minimum absolute atomic E-state index is 0.0559. The Kier molecular flexibility index (Phi) is 6.01. The number of halogens is 1. The molecule has 0 aliphatic heterocycles. The molecule has 0 fully saturated rings. The number of thioether (sulfide) groups is 1. The highest BCUT2D eigenvalue weighted by Gasteiger charge is 2.15. The number of amides is 1. The summed E-state index contributed by atoms with van der Waals surface area (Å²) in [6, 6.07) is 15.3. The van der Waals surface area contributed by atoms with Crippen molar-refractivity contribution in [2.45, 2.75) is 24.7 Å². The van der Waals surface area contributed by atoms with E-state index in [0.717, 1.165) is 21.8 Å². The molecule has 3 aromatic rings. The zero-order valence-electron chi connectivity index (χ0n) is 14.5. The summed E-state index contributed by atoms with van der Waals surface area (Å²) in [5.41, 5.74) is 2.87. The van der Waals surface area contributed by atoms with Crippen molar-refractivity contribution >= 4 is 40.3 Å². The van der Waals surface area contributed by atoms with Gasteiger partial charge in [0.1, 0.15) is 0 Å². The van der Waals surface area contributed by atoms with Gasteiger partial charge in [-0.25, -0.2) is 4.98 Å². The van der Waals surface area contributed by atoms with Crippen LogP contribution in [0.1, 0.15) is 18.5 Å². The first kappa shape index (κ1) is 18.5. The summed E-state index contributed by atoms with van der Waals surface area (Å²) in [6.45, 7) is 6.39. The first-order chi connectivity index (χ1) is 12.6. The third-order valence-corrected chi connectivity index (χ3v) is 5.33. The lowest BCUT2D eigenvalue weighted by molar-refractivity contribution is -0.119. The Balaban J connectivity index is 1.68. The van der Waals surface area contributed by atoms with Gasteiger partial charge in [0.2, 0.25) is 5.91 Å². The Hall–Kier alpha value is -2.24. The summed E-state index contributed by atoms with van der Waals surface area (Å²) in [6.07, 6.45) is 1.83. The fraction of sp³-hybridized carbons (Fsp3) is 0.200. The molecule has 1 atom stereocenters. The van der Waals surface area contributed by atoms with Crippen molar-refractivity contribution < 1.29 is 4.79 Å². The first-order valence-electron chi connectivity index (χ1n) is 8.33. The van der Waals surface area contributed by atoms with Gasteiger partial charge >= 0.3 is 0 Å². The summed E-state index contributed by atoms with van der Waals surface area (Å²) < 4.78 is 2.07. The molecular weight excluding hydrogens is 366 g/mol. The van der Waals surface area contributed by atoms with Crippen LogP contribution in [0.3, 0.4) is 0 Å². The maximum absolute atomic E-state index is 12.4. The summed E-state index contributed by atoms with van der Waals surface area (Å²) in [7, 11) is 0. The number of hydrogen-bond acceptors (Lipinski definition) is 3. The molecule has 3 rings (SSSR count). The van der Waals surface area contributed by atoms with Crippen molar-refractivity contribution in [1.29, 1.82) is 0 Å². The molecular formula is C20H20ClN3OS. The predicted octanol–water partition coefficient (Wildman–Crippen LogP) is 4.85. The molecule has 4 nitrogen and oxygen atoms in total. The summed E-state index contributed by atoms with van der Waals surface area (Å²) >= 11 is 7.62. The highest BCUT2D eigenvalue weighted by atomic mass is 35.5. The monoisotopic (exact) mass is 385 g/mol. The molecule has 0 aliphatic carbocycles. The van der Waals surface area contributed by atoms with Gasteiger partial charge in [-0.3, -0.25) is 4.79 Å². The maximum Gasteiger partial charge on any atom is 0.230 e. The number of para-hydroxylation sites is 2. The molecule has 134 valence electrons. The highest BCUT2D eigenvalue weighted by molar-refractivity contribution is 7.99. The van der Waals surface area contributed by atoms with Gasteiger partial charge in [-0.2, -0.15) is 0 Å². The zero-order valence-corrected chi connectivity index (χ0v) is 16.1. The number of fused-ring (bicyclic) bond motifs is 1. The molecule has 1 unspecified atom stereocenters. The molecule has 0 radical (unpaired) electrons. The number of allylic oxidation sites excluding steroid dienone is 1. The summed E-state index contributed by atoms with van der Waals surface area (Å²) in [5, 5.41) is 4.46. The molecule has 26 heavy (non-hydrogen) atoms. The van der Waals surface area contributed by atoms with Crippen LogP contribution < -0.4 is 5.32 Å². The van der Waals surface area contributed by atoms with Crippen LogP contribution in [0.4, 0.5) is 0 Å². The zero-order chi connectivity index (χ0) is 18.5. The molecule has 0 saturated carbocycles. The highest BCUT2D eigenvalue weighted by Crippen LogP contribution is 2.25.